The molecule has 1 aromatic carbocycles. The van der Waals surface area contributed by atoms with Crippen LogP contribution in [0.1, 0.15) is 6.42 Å². The average Bonchev–Trinajstić information content (AvgIpc) is 2.91. The van der Waals surface area contributed by atoms with E-state index in [9.17, 15) is 9.59 Å². The van der Waals surface area contributed by atoms with Crippen LogP contribution in [0, 0.1) is 0 Å². The molecule has 0 fully saturated rings. The summed E-state index contributed by atoms with van der Waals surface area (Å²) in [5.74, 6) is -0.821. The molecule has 104 valence electrons. The fourth-order valence-corrected chi connectivity index (χ4v) is 1.95. The summed E-state index contributed by atoms with van der Waals surface area (Å²) in [4.78, 5) is 23.4. The Morgan fingerprint density at radius 1 is 1.45 bits per heavy atom. The fraction of sp³-hybridized carbons (Fsp3) is 0.214. The predicted molar refractivity (Wildman–Crippen MR) is 77.2 cm³/mol. The Balaban J connectivity index is 2.23. The van der Waals surface area contributed by atoms with Crippen molar-refractivity contribution in [1.82, 2.24) is 5.32 Å². The third kappa shape index (κ3) is 2.85. The van der Waals surface area contributed by atoms with Crippen LogP contribution in [0.3, 0.4) is 0 Å². The van der Waals surface area contributed by atoms with Gasteiger partial charge in [0.2, 0.25) is 5.91 Å². The summed E-state index contributed by atoms with van der Waals surface area (Å²) in [5.41, 5.74) is 6.40. The van der Waals surface area contributed by atoms with Crippen LogP contribution in [-0.2, 0) is 9.59 Å². The van der Waals surface area contributed by atoms with Crippen LogP contribution in [0.2, 0.25) is 0 Å². The number of anilines is 1. The number of nitrogens with two attached hydrogens (primary N) is 1. The molecule has 0 saturated carbocycles. The van der Waals surface area contributed by atoms with Gasteiger partial charge in [-0.25, -0.2) is 0 Å². The van der Waals surface area contributed by atoms with Crippen LogP contribution in [0.4, 0.5) is 5.69 Å². The maximum atomic E-state index is 11.9. The van der Waals surface area contributed by atoms with Crippen molar-refractivity contribution in [2.45, 2.75) is 12.5 Å². The van der Waals surface area contributed by atoms with Gasteiger partial charge in [-0.3, -0.25) is 14.6 Å². The SMILES string of the molecule is C=CCNC(=O)C1=NN(c2ccccc2)C(C(N)=O)C1. The highest BCUT2D eigenvalue weighted by Gasteiger charge is 2.34. The van der Waals surface area contributed by atoms with Crippen molar-refractivity contribution in [3.8, 4) is 0 Å². The van der Waals surface area contributed by atoms with E-state index in [1.54, 1.807) is 6.08 Å². The average molecular weight is 272 g/mol. The van der Waals surface area contributed by atoms with Crippen molar-refractivity contribution >= 4 is 23.2 Å². The summed E-state index contributed by atoms with van der Waals surface area (Å²) < 4.78 is 0. The number of primary amides is 1. The van der Waals surface area contributed by atoms with Crippen LogP contribution in [0.5, 0.6) is 0 Å². The number of nitrogens with one attached hydrogen (secondary N) is 1. The highest BCUT2D eigenvalue weighted by atomic mass is 16.2. The molecule has 2 rings (SSSR count). The van der Waals surface area contributed by atoms with Crippen molar-refractivity contribution in [2.24, 2.45) is 10.8 Å². The van der Waals surface area contributed by atoms with Crippen LogP contribution in [0.25, 0.3) is 0 Å². The Hall–Kier alpha value is -2.63. The molecule has 6 heteroatoms. The van der Waals surface area contributed by atoms with Gasteiger partial charge in [0.1, 0.15) is 11.8 Å². The molecule has 0 spiro atoms. The molecule has 1 heterocycles. The molecule has 2 amide bonds. The van der Waals surface area contributed by atoms with Crippen LogP contribution < -0.4 is 16.1 Å². The molecule has 3 N–H and O–H groups in total. The third-order valence-corrected chi connectivity index (χ3v) is 2.93. The Morgan fingerprint density at radius 2 is 2.15 bits per heavy atom. The smallest absolute Gasteiger partial charge is 0.267 e. The predicted octanol–water partition coefficient (Wildman–Crippen LogP) is 0.409. The zero-order valence-corrected chi connectivity index (χ0v) is 11.0. The number of carbonyl (C=O) groups is 2. The molecular formula is C14H16N4O2. The number of hydrogen-bond acceptors (Lipinski definition) is 4. The molecule has 0 radical (unpaired) electrons. The maximum Gasteiger partial charge on any atom is 0.267 e. The van der Waals surface area contributed by atoms with E-state index in [2.05, 4.69) is 17.0 Å². The van der Waals surface area contributed by atoms with Gasteiger partial charge < -0.3 is 11.1 Å². The van der Waals surface area contributed by atoms with Crippen molar-refractivity contribution in [3.63, 3.8) is 0 Å². The molecule has 1 unspecified atom stereocenters. The molecule has 1 atom stereocenters. The Kier molecular flexibility index (Phi) is 4.14. The summed E-state index contributed by atoms with van der Waals surface area (Å²) in [7, 11) is 0. The monoisotopic (exact) mass is 272 g/mol. The quantitative estimate of drug-likeness (QED) is 0.761. The number of nitrogens with zero attached hydrogens (tertiary/aromatic N) is 2. The lowest BCUT2D eigenvalue weighted by atomic mass is 10.1. The molecule has 1 aromatic rings. The van der Waals surface area contributed by atoms with Crippen molar-refractivity contribution < 1.29 is 9.59 Å². The molecule has 0 aliphatic carbocycles. The number of para-hydroxylation sites is 1. The second-order valence-electron chi connectivity index (χ2n) is 4.35. The fourth-order valence-electron chi connectivity index (χ4n) is 1.95. The van der Waals surface area contributed by atoms with E-state index in [0.29, 0.717) is 12.3 Å². The number of carbonyl (C=O) groups excluding carboxylic acids is 2. The summed E-state index contributed by atoms with van der Waals surface area (Å²) in [6.07, 6.45) is 1.78. The Bertz CT molecular complexity index is 554. The zero-order chi connectivity index (χ0) is 14.5. The van der Waals surface area contributed by atoms with Gasteiger partial charge in [-0.15, -0.1) is 6.58 Å². The molecule has 1 aliphatic heterocycles. The van der Waals surface area contributed by atoms with Gasteiger partial charge in [-0.1, -0.05) is 24.3 Å². The summed E-state index contributed by atoms with van der Waals surface area (Å²) in [6, 6.07) is 8.51. The number of benzene rings is 1. The second kappa shape index (κ2) is 6.01. The minimum atomic E-state index is -0.637. The first-order valence-corrected chi connectivity index (χ1v) is 6.23. The van der Waals surface area contributed by atoms with Gasteiger partial charge in [0.25, 0.3) is 5.91 Å². The van der Waals surface area contributed by atoms with Crippen LogP contribution in [0.15, 0.2) is 48.1 Å². The van der Waals surface area contributed by atoms with Gasteiger partial charge in [0.05, 0.1) is 5.69 Å². The minimum Gasteiger partial charge on any atom is -0.368 e. The van der Waals surface area contributed by atoms with Crippen molar-refractivity contribution in [1.29, 1.82) is 0 Å². The normalized spacial score (nSPS) is 17.5. The van der Waals surface area contributed by atoms with E-state index in [0.717, 1.165) is 5.69 Å². The lowest BCUT2D eigenvalue weighted by Gasteiger charge is -2.20. The zero-order valence-electron chi connectivity index (χ0n) is 11.0. The standard InChI is InChI=1S/C14H16N4O2/c1-2-8-16-14(20)11-9-12(13(15)19)18(17-11)10-6-4-3-5-7-10/h2-7,12H,1,8-9H2,(H2,15,19)(H,16,20). The number of rotatable bonds is 5. The number of hydrazone groups is 1. The first-order chi connectivity index (χ1) is 9.63. The van der Waals surface area contributed by atoms with E-state index in [4.69, 9.17) is 5.73 Å². The molecule has 6 nitrogen and oxygen atoms in total. The molecule has 1 aliphatic rings. The molecule has 0 aromatic heterocycles. The van der Waals surface area contributed by atoms with Crippen molar-refractivity contribution in [2.75, 3.05) is 11.6 Å². The Morgan fingerprint density at radius 3 is 2.75 bits per heavy atom. The van der Waals surface area contributed by atoms with E-state index < -0.39 is 11.9 Å². The maximum absolute atomic E-state index is 11.9. The summed E-state index contributed by atoms with van der Waals surface area (Å²) in [5, 5.41) is 8.35. The first-order valence-electron chi connectivity index (χ1n) is 6.23. The van der Waals surface area contributed by atoms with Crippen LogP contribution in [-0.4, -0.2) is 30.1 Å². The minimum absolute atomic E-state index is 0.202. The highest BCUT2D eigenvalue weighted by Crippen LogP contribution is 2.24. The van der Waals surface area contributed by atoms with E-state index in [1.807, 2.05) is 30.3 Å². The summed E-state index contributed by atoms with van der Waals surface area (Å²) in [6.45, 7) is 3.88. The number of amides is 2. The van der Waals surface area contributed by atoms with Gasteiger partial charge in [-0.05, 0) is 12.1 Å². The van der Waals surface area contributed by atoms with E-state index in [1.165, 1.54) is 5.01 Å². The first kappa shape index (κ1) is 13.8. The largest absolute Gasteiger partial charge is 0.368 e. The molecule has 20 heavy (non-hydrogen) atoms. The summed E-state index contributed by atoms with van der Waals surface area (Å²) >= 11 is 0. The highest BCUT2D eigenvalue weighted by molar-refractivity contribution is 6.40. The molecule has 0 saturated heterocycles. The van der Waals surface area contributed by atoms with Crippen LogP contribution >= 0.6 is 0 Å². The lowest BCUT2D eigenvalue weighted by molar-refractivity contribution is -0.119. The van der Waals surface area contributed by atoms with Gasteiger partial charge in [0.15, 0.2) is 0 Å². The van der Waals surface area contributed by atoms with Gasteiger partial charge in [-0.2, -0.15) is 5.10 Å². The van der Waals surface area contributed by atoms with E-state index in [-0.39, 0.29) is 12.3 Å². The lowest BCUT2D eigenvalue weighted by Crippen LogP contribution is -2.39. The van der Waals surface area contributed by atoms with Gasteiger partial charge in [0, 0.05) is 13.0 Å². The second-order valence-corrected chi connectivity index (χ2v) is 4.35. The van der Waals surface area contributed by atoms with Crippen molar-refractivity contribution in [3.05, 3.63) is 43.0 Å². The third-order valence-electron chi connectivity index (χ3n) is 2.93. The molecule has 0 bridgehead atoms. The topological polar surface area (TPSA) is 87.8 Å². The molecular weight excluding hydrogens is 256 g/mol. The Labute approximate surface area is 116 Å². The van der Waals surface area contributed by atoms with Gasteiger partial charge >= 0.3 is 0 Å². The van der Waals surface area contributed by atoms with E-state index >= 15 is 0 Å². The number of hydrogen-bond donors (Lipinski definition) is 2.